The molecule has 0 atom stereocenters. The summed E-state index contributed by atoms with van der Waals surface area (Å²) >= 11 is 0. The summed E-state index contributed by atoms with van der Waals surface area (Å²) in [6.45, 7) is -0.0110. The third kappa shape index (κ3) is 3.59. The predicted octanol–water partition coefficient (Wildman–Crippen LogP) is 0.361. The van der Waals surface area contributed by atoms with Crippen molar-refractivity contribution in [2.75, 3.05) is 25.6 Å². The van der Waals surface area contributed by atoms with E-state index in [1.54, 1.807) is 0 Å². The lowest BCUT2D eigenvalue weighted by atomic mass is 10.2. The zero-order valence-corrected chi connectivity index (χ0v) is 9.03. The summed E-state index contributed by atoms with van der Waals surface area (Å²) in [6.07, 6.45) is 0. The van der Waals surface area contributed by atoms with E-state index in [1.165, 1.54) is 0 Å². The van der Waals surface area contributed by atoms with Crippen molar-refractivity contribution in [3.05, 3.63) is 29.8 Å². The van der Waals surface area contributed by atoms with Gasteiger partial charge in [-0.15, -0.1) is 0 Å². The molecule has 0 saturated carbocycles. The molecule has 82 valence electrons. The van der Waals surface area contributed by atoms with Gasteiger partial charge in [0.05, 0.1) is 0 Å². The SMILES string of the molecule is CN(C)c1ccc(CNC(=O)CO)cc1. The van der Waals surface area contributed by atoms with Crippen LogP contribution in [0.1, 0.15) is 5.56 Å². The van der Waals surface area contributed by atoms with E-state index in [2.05, 4.69) is 5.32 Å². The van der Waals surface area contributed by atoms with Crippen LogP contribution < -0.4 is 10.2 Å². The van der Waals surface area contributed by atoms with Crippen LogP contribution in [0.4, 0.5) is 5.69 Å². The Morgan fingerprint density at radius 3 is 2.40 bits per heavy atom. The number of benzene rings is 1. The summed E-state index contributed by atoms with van der Waals surface area (Å²) in [4.78, 5) is 12.8. The number of carbonyl (C=O) groups is 1. The summed E-state index contributed by atoms with van der Waals surface area (Å²) in [5.41, 5.74) is 2.13. The van der Waals surface area contributed by atoms with Gasteiger partial charge in [-0.25, -0.2) is 0 Å². The van der Waals surface area contributed by atoms with E-state index in [0.29, 0.717) is 6.54 Å². The highest BCUT2D eigenvalue weighted by Gasteiger charge is 1.99. The molecule has 0 aromatic heterocycles. The molecule has 1 amide bonds. The highest BCUT2D eigenvalue weighted by Crippen LogP contribution is 2.11. The van der Waals surface area contributed by atoms with Gasteiger partial charge in [-0.2, -0.15) is 0 Å². The average molecular weight is 208 g/mol. The van der Waals surface area contributed by atoms with Crippen LogP contribution in [-0.2, 0) is 11.3 Å². The Bertz CT molecular complexity index is 320. The molecule has 1 aromatic carbocycles. The second kappa shape index (κ2) is 5.36. The number of anilines is 1. The number of amides is 1. The molecule has 4 nitrogen and oxygen atoms in total. The summed E-state index contributed by atoms with van der Waals surface area (Å²) < 4.78 is 0. The van der Waals surface area contributed by atoms with Gasteiger partial charge in [0.2, 0.25) is 5.91 Å². The van der Waals surface area contributed by atoms with E-state index in [-0.39, 0.29) is 5.91 Å². The Morgan fingerprint density at radius 2 is 1.93 bits per heavy atom. The number of hydrogen-bond acceptors (Lipinski definition) is 3. The average Bonchev–Trinajstić information content (AvgIpc) is 2.26. The van der Waals surface area contributed by atoms with Gasteiger partial charge < -0.3 is 15.3 Å². The Balaban J connectivity index is 2.53. The quantitative estimate of drug-likeness (QED) is 0.751. The van der Waals surface area contributed by atoms with Crippen molar-refractivity contribution in [3.8, 4) is 0 Å². The fourth-order valence-corrected chi connectivity index (χ4v) is 1.17. The molecule has 1 aromatic rings. The monoisotopic (exact) mass is 208 g/mol. The summed E-state index contributed by atoms with van der Waals surface area (Å²) in [7, 11) is 3.95. The lowest BCUT2D eigenvalue weighted by molar-refractivity contribution is -0.123. The molecule has 0 saturated heterocycles. The normalized spacial score (nSPS) is 9.80. The Hall–Kier alpha value is -1.55. The van der Waals surface area contributed by atoms with E-state index in [4.69, 9.17) is 5.11 Å². The highest BCUT2D eigenvalue weighted by atomic mass is 16.3. The maximum absolute atomic E-state index is 10.8. The van der Waals surface area contributed by atoms with Gasteiger partial charge in [0.1, 0.15) is 6.61 Å². The second-order valence-corrected chi connectivity index (χ2v) is 3.50. The van der Waals surface area contributed by atoms with Gasteiger partial charge >= 0.3 is 0 Å². The minimum absolute atomic E-state index is 0.355. The lowest BCUT2D eigenvalue weighted by Gasteiger charge is -2.12. The predicted molar refractivity (Wildman–Crippen MR) is 59.7 cm³/mol. The molecule has 0 bridgehead atoms. The van der Waals surface area contributed by atoms with Gasteiger partial charge in [0.15, 0.2) is 0 Å². The first-order chi connectivity index (χ1) is 7.13. The smallest absolute Gasteiger partial charge is 0.245 e. The summed E-state index contributed by atoms with van der Waals surface area (Å²) in [5.74, 6) is -0.355. The van der Waals surface area contributed by atoms with Crippen LogP contribution in [0, 0.1) is 0 Å². The number of carbonyl (C=O) groups excluding carboxylic acids is 1. The first-order valence-electron chi connectivity index (χ1n) is 4.77. The number of hydrogen-bond donors (Lipinski definition) is 2. The molecular formula is C11H16N2O2. The van der Waals surface area contributed by atoms with Crippen LogP contribution in [0.15, 0.2) is 24.3 Å². The number of nitrogens with one attached hydrogen (secondary N) is 1. The van der Waals surface area contributed by atoms with Crippen LogP contribution in [-0.4, -0.2) is 31.7 Å². The van der Waals surface area contributed by atoms with Gasteiger partial charge in [-0.1, -0.05) is 12.1 Å². The van der Waals surface area contributed by atoms with Gasteiger partial charge in [-0.05, 0) is 17.7 Å². The number of nitrogens with zero attached hydrogens (tertiary/aromatic N) is 1. The Kier molecular flexibility index (Phi) is 4.12. The van der Waals surface area contributed by atoms with Crippen LogP contribution in [0.2, 0.25) is 0 Å². The zero-order valence-electron chi connectivity index (χ0n) is 9.03. The molecule has 0 fully saturated rings. The van der Waals surface area contributed by atoms with Gasteiger partial charge in [0, 0.05) is 26.3 Å². The van der Waals surface area contributed by atoms with Crippen molar-refractivity contribution in [2.24, 2.45) is 0 Å². The molecule has 0 aliphatic carbocycles. The van der Waals surface area contributed by atoms with E-state index >= 15 is 0 Å². The maximum atomic E-state index is 10.8. The molecule has 0 unspecified atom stereocenters. The van der Waals surface area contributed by atoms with E-state index < -0.39 is 6.61 Å². The molecule has 0 aliphatic heterocycles. The van der Waals surface area contributed by atoms with Crippen molar-refractivity contribution >= 4 is 11.6 Å². The molecular weight excluding hydrogens is 192 g/mol. The third-order valence-corrected chi connectivity index (χ3v) is 2.09. The molecule has 4 heteroatoms. The fourth-order valence-electron chi connectivity index (χ4n) is 1.17. The maximum Gasteiger partial charge on any atom is 0.245 e. The largest absolute Gasteiger partial charge is 0.387 e. The van der Waals surface area contributed by atoms with Gasteiger partial charge in [0.25, 0.3) is 0 Å². The molecule has 0 spiro atoms. The Labute approximate surface area is 89.5 Å². The van der Waals surface area contributed by atoms with Crippen molar-refractivity contribution in [2.45, 2.75) is 6.54 Å². The molecule has 1 rings (SSSR count). The van der Waals surface area contributed by atoms with Crippen LogP contribution in [0.25, 0.3) is 0 Å². The van der Waals surface area contributed by atoms with E-state index in [0.717, 1.165) is 11.3 Å². The first kappa shape index (κ1) is 11.5. The van der Waals surface area contributed by atoms with E-state index in [1.807, 2.05) is 43.3 Å². The van der Waals surface area contributed by atoms with Crippen molar-refractivity contribution in [1.29, 1.82) is 0 Å². The van der Waals surface area contributed by atoms with Crippen molar-refractivity contribution in [1.82, 2.24) is 5.32 Å². The summed E-state index contributed by atoms with van der Waals surface area (Å²) in [6, 6.07) is 7.88. The fraction of sp³-hybridized carbons (Fsp3) is 0.364. The molecule has 2 N–H and O–H groups in total. The zero-order chi connectivity index (χ0) is 11.3. The lowest BCUT2D eigenvalue weighted by Crippen LogP contribution is -2.25. The van der Waals surface area contributed by atoms with Crippen LogP contribution >= 0.6 is 0 Å². The molecule has 0 radical (unpaired) electrons. The number of aliphatic hydroxyl groups excluding tert-OH is 1. The molecule has 0 aliphatic rings. The van der Waals surface area contributed by atoms with Crippen LogP contribution in [0.5, 0.6) is 0 Å². The molecule has 0 heterocycles. The minimum Gasteiger partial charge on any atom is -0.387 e. The Morgan fingerprint density at radius 1 is 1.33 bits per heavy atom. The van der Waals surface area contributed by atoms with E-state index in [9.17, 15) is 4.79 Å². The van der Waals surface area contributed by atoms with Gasteiger partial charge in [-0.3, -0.25) is 4.79 Å². The van der Waals surface area contributed by atoms with Crippen molar-refractivity contribution < 1.29 is 9.90 Å². The topological polar surface area (TPSA) is 52.6 Å². The van der Waals surface area contributed by atoms with Crippen molar-refractivity contribution in [3.63, 3.8) is 0 Å². The number of aliphatic hydroxyl groups is 1. The highest BCUT2D eigenvalue weighted by molar-refractivity contribution is 5.76. The standard InChI is InChI=1S/C11H16N2O2/c1-13(2)10-5-3-9(4-6-10)7-12-11(15)8-14/h3-6,14H,7-8H2,1-2H3,(H,12,15). The summed E-state index contributed by atoms with van der Waals surface area (Å²) in [5, 5.41) is 11.1. The molecule has 15 heavy (non-hydrogen) atoms. The third-order valence-electron chi connectivity index (χ3n) is 2.09. The first-order valence-corrected chi connectivity index (χ1v) is 4.77. The second-order valence-electron chi connectivity index (χ2n) is 3.50. The van der Waals surface area contributed by atoms with Crippen LogP contribution in [0.3, 0.4) is 0 Å². The number of rotatable bonds is 4. The minimum atomic E-state index is -0.463.